The molecule has 0 saturated heterocycles. The zero-order chi connectivity index (χ0) is 17.3. The second kappa shape index (κ2) is 5.99. The van der Waals surface area contributed by atoms with Gasteiger partial charge in [-0.15, -0.1) is 0 Å². The fourth-order valence-corrected chi connectivity index (χ4v) is 2.44. The Kier molecular flexibility index (Phi) is 3.87. The van der Waals surface area contributed by atoms with E-state index < -0.39 is 16.7 Å². The maximum atomic E-state index is 12.1. The third kappa shape index (κ3) is 2.89. The van der Waals surface area contributed by atoms with E-state index in [9.17, 15) is 19.7 Å². The predicted octanol–water partition coefficient (Wildman–Crippen LogP) is 2.84. The van der Waals surface area contributed by atoms with Crippen LogP contribution >= 0.6 is 0 Å². The molecule has 122 valence electrons. The Morgan fingerprint density at radius 1 is 1.29 bits per heavy atom. The zero-order valence-corrected chi connectivity index (χ0v) is 12.7. The van der Waals surface area contributed by atoms with Gasteiger partial charge in [-0.2, -0.15) is 0 Å². The molecule has 2 N–H and O–H groups in total. The van der Waals surface area contributed by atoms with Crippen molar-refractivity contribution in [3.8, 4) is 0 Å². The lowest BCUT2D eigenvalue weighted by Crippen LogP contribution is -2.11. The van der Waals surface area contributed by atoms with Crippen molar-refractivity contribution < 1.29 is 14.1 Å². The summed E-state index contributed by atoms with van der Waals surface area (Å²) in [6.45, 7) is 1.95. The summed E-state index contributed by atoms with van der Waals surface area (Å²) in [5.74, 6) is -1.29. The number of aryl methyl sites for hydroxylation is 1. The van der Waals surface area contributed by atoms with E-state index in [0.717, 1.165) is 17.0 Å². The standard InChI is InChI=1S/C16H13N3O5/c1-2-9-7-14(20)18-12-8-10(3-4-11(9)12)17-16(21)13-5-6-15(24-13)19(22)23/h3-8H,2H2,1H3,(H,17,21)(H,18,20). The smallest absolute Gasteiger partial charge is 0.395 e. The highest BCUT2D eigenvalue weighted by molar-refractivity contribution is 6.03. The number of nitrogens with zero attached hydrogens (tertiary/aromatic N) is 1. The number of amides is 1. The van der Waals surface area contributed by atoms with Crippen LogP contribution in [-0.2, 0) is 6.42 Å². The van der Waals surface area contributed by atoms with Crippen LogP contribution in [0.5, 0.6) is 0 Å². The summed E-state index contributed by atoms with van der Waals surface area (Å²) in [6.07, 6.45) is 0.711. The second-order valence-electron chi connectivity index (χ2n) is 5.12. The molecule has 0 atom stereocenters. The first kappa shape index (κ1) is 15.5. The van der Waals surface area contributed by atoms with E-state index >= 15 is 0 Å². The lowest BCUT2D eigenvalue weighted by atomic mass is 10.1. The van der Waals surface area contributed by atoms with Crippen LogP contribution in [0.25, 0.3) is 10.9 Å². The Bertz CT molecular complexity index is 1000. The quantitative estimate of drug-likeness (QED) is 0.564. The Morgan fingerprint density at radius 3 is 2.75 bits per heavy atom. The van der Waals surface area contributed by atoms with Crippen LogP contribution in [-0.4, -0.2) is 15.8 Å². The van der Waals surface area contributed by atoms with Gasteiger partial charge in [0.2, 0.25) is 5.56 Å². The molecule has 2 aromatic heterocycles. The van der Waals surface area contributed by atoms with Gasteiger partial charge in [0, 0.05) is 17.1 Å². The number of hydrogen-bond acceptors (Lipinski definition) is 5. The minimum absolute atomic E-state index is 0.169. The van der Waals surface area contributed by atoms with Gasteiger partial charge in [-0.05, 0) is 30.2 Å². The fourth-order valence-electron chi connectivity index (χ4n) is 2.44. The molecular formula is C16H13N3O5. The molecule has 0 aliphatic rings. The highest BCUT2D eigenvalue weighted by Gasteiger charge is 2.17. The van der Waals surface area contributed by atoms with Crippen LogP contribution in [0.15, 0.2) is 45.6 Å². The normalized spacial score (nSPS) is 10.7. The summed E-state index contributed by atoms with van der Waals surface area (Å²) in [7, 11) is 0. The van der Waals surface area contributed by atoms with Crippen molar-refractivity contribution in [3.05, 3.63) is 68.2 Å². The highest BCUT2D eigenvalue weighted by atomic mass is 16.6. The van der Waals surface area contributed by atoms with Crippen molar-refractivity contribution in [2.24, 2.45) is 0 Å². The van der Waals surface area contributed by atoms with E-state index in [-0.39, 0.29) is 11.3 Å². The zero-order valence-electron chi connectivity index (χ0n) is 12.7. The number of fused-ring (bicyclic) bond motifs is 1. The predicted molar refractivity (Wildman–Crippen MR) is 87.3 cm³/mol. The third-order valence-electron chi connectivity index (χ3n) is 3.56. The number of hydrogen-bond donors (Lipinski definition) is 2. The lowest BCUT2D eigenvalue weighted by Gasteiger charge is -2.07. The summed E-state index contributed by atoms with van der Waals surface area (Å²) in [4.78, 5) is 36.3. The summed E-state index contributed by atoms with van der Waals surface area (Å²) in [6, 6.07) is 9.00. The number of anilines is 1. The molecule has 0 aliphatic heterocycles. The molecule has 0 fully saturated rings. The molecule has 3 aromatic rings. The van der Waals surface area contributed by atoms with Crippen molar-refractivity contribution >= 4 is 28.4 Å². The average Bonchev–Trinajstić information content (AvgIpc) is 3.04. The maximum absolute atomic E-state index is 12.1. The van der Waals surface area contributed by atoms with Gasteiger partial charge in [0.25, 0.3) is 5.91 Å². The summed E-state index contributed by atoms with van der Waals surface area (Å²) in [5.41, 5.74) is 1.73. The van der Waals surface area contributed by atoms with Crippen molar-refractivity contribution in [1.82, 2.24) is 4.98 Å². The van der Waals surface area contributed by atoms with Gasteiger partial charge in [-0.25, -0.2) is 0 Å². The number of carbonyl (C=O) groups excluding carboxylic acids is 1. The molecule has 0 spiro atoms. The molecule has 24 heavy (non-hydrogen) atoms. The number of H-pyrrole nitrogens is 1. The monoisotopic (exact) mass is 327 g/mol. The minimum atomic E-state index is -0.718. The molecule has 0 radical (unpaired) electrons. The number of nitro groups is 1. The number of rotatable bonds is 4. The number of carbonyl (C=O) groups is 1. The Balaban J connectivity index is 1.90. The number of nitrogens with one attached hydrogen (secondary N) is 2. The van der Waals surface area contributed by atoms with Gasteiger partial charge in [0.15, 0.2) is 5.76 Å². The van der Waals surface area contributed by atoms with Gasteiger partial charge < -0.3 is 14.7 Å². The first-order valence-corrected chi connectivity index (χ1v) is 7.19. The summed E-state index contributed by atoms with van der Waals surface area (Å²) in [5, 5.41) is 14.1. The van der Waals surface area contributed by atoms with E-state index in [0.29, 0.717) is 17.6 Å². The molecule has 1 amide bonds. The lowest BCUT2D eigenvalue weighted by molar-refractivity contribution is -0.402. The number of pyridine rings is 1. The molecule has 8 heteroatoms. The van der Waals surface area contributed by atoms with Crippen LogP contribution in [0.1, 0.15) is 23.0 Å². The van der Waals surface area contributed by atoms with E-state index in [1.165, 1.54) is 6.07 Å². The van der Waals surface area contributed by atoms with Gasteiger partial charge in [0.05, 0.1) is 11.6 Å². The van der Waals surface area contributed by atoms with E-state index in [1.807, 2.05) is 6.92 Å². The van der Waals surface area contributed by atoms with Crippen molar-refractivity contribution in [1.29, 1.82) is 0 Å². The fraction of sp³-hybridized carbons (Fsp3) is 0.125. The van der Waals surface area contributed by atoms with Crippen LogP contribution < -0.4 is 10.9 Å². The molecule has 0 aliphatic carbocycles. The molecule has 0 unspecified atom stereocenters. The first-order valence-electron chi connectivity index (χ1n) is 7.19. The number of benzene rings is 1. The van der Waals surface area contributed by atoms with Gasteiger partial charge in [-0.3, -0.25) is 19.7 Å². The Morgan fingerprint density at radius 2 is 2.08 bits per heavy atom. The van der Waals surface area contributed by atoms with E-state index in [1.54, 1.807) is 24.3 Å². The van der Waals surface area contributed by atoms with Crippen LogP contribution in [0, 0.1) is 10.1 Å². The van der Waals surface area contributed by atoms with E-state index in [2.05, 4.69) is 10.3 Å². The van der Waals surface area contributed by atoms with Crippen LogP contribution in [0.4, 0.5) is 11.6 Å². The Labute approximate surface area is 135 Å². The maximum Gasteiger partial charge on any atom is 0.433 e. The molecule has 0 saturated carbocycles. The molecular weight excluding hydrogens is 314 g/mol. The molecule has 3 rings (SSSR count). The molecule has 1 aromatic carbocycles. The number of furan rings is 1. The van der Waals surface area contributed by atoms with Gasteiger partial charge in [0.1, 0.15) is 4.92 Å². The molecule has 0 bridgehead atoms. The SMILES string of the molecule is CCc1cc(=O)[nH]c2cc(NC(=O)c3ccc([N+](=O)[O-])o3)ccc12. The number of aromatic amines is 1. The van der Waals surface area contributed by atoms with Crippen molar-refractivity contribution in [3.63, 3.8) is 0 Å². The molecule has 2 heterocycles. The van der Waals surface area contributed by atoms with Gasteiger partial charge >= 0.3 is 5.88 Å². The topological polar surface area (TPSA) is 118 Å². The van der Waals surface area contributed by atoms with Crippen molar-refractivity contribution in [2.45, 2.75) is 13.3 Å². The third-order valence-corrected chi connectivity index (χ3v) is 3.56. The molecule has 8 nitrogen and oxygen atoms in total. The van der Waals surface area contributed by atoms with Crippen LogP contribution in [0.3, 0.4) is 0 Å². The van der Waals surface area contributed by atoms with Crippen molar-refractivity contribution in [2.75, 3.05) is 5.32 Å². The second-order valence-corrected chi connectivity index (χ2v) is 5.12. The largest absolute Gasteiger partial charge is 0.433 e. The summed E-state index contributed by atoms with van der Waals surface area (Å²) < 4.78 is 4.85. The first-order chi connectivity index (χ1) is 11.5. The highest BCUT2D eigenvalue weighted by Crippen LogP contribution is 2.21. The van der Waals surface area contributed by atoms with Crippen LogP contribution in [0.2, 0.25) is 0 Å². The summed E-state index contributed by atoms with van der Waals surface area (Å²) >= 11 is 0. The average molecular weight is 327 g/mol. The van der Waals surface area contributed by atoms with E-state index in [4.69, 9.17) is 4.42 Å². The van der Waals surface area contributed by atoms with Gasteiger partial charge in [-0.1, -0.05) is 13.0 Å². The number of aromatic nitrogens is 1. The Hall–Kier alpha value is -3.42. The minimum Gasteiger partial charge on any atom is -0.395 e.